The number of nitrogens with one attached hydrogen (secondary N) is 1. The van der Waals surface area contributed by atoms with Crippen molar-refractivity contribution in [1.82, 2.24) is 4.72 Å². The molecule has 1 aromatic rings. The molecule has 0 spiro atoms. The molecule has 0 bridgehead atoms. The lowest BCUT2D eigenvalue weighted by Gasteiger charge is -2.04. The predicted molar refractivity (Wildman–Crippen MR) is 56.6 cm³/mol. The van der Waals surface area contributed by atoms with Gasteiger partial charge in [-0.15, -0.1) is 0 Å². The van der Waals surface area contributed by atoms with Gasteiger partial charge in [-0.25, -0.2) is 8.93 Å². The van der Waals surface area contributed by atoms with Crippen LogP contribution in [0.5, 0.6) is 0 Å². The van der Waals surface area contributed by atoms with Crippen LogP contribution in [0.3, 0.4) is 0 Å². The summed E-state index contributed by atoms with van der Waals surface area (Å²) in [6.45, 7) is 0.692. The first-order chi connectivity index (χ1) is 6.20. The minimum absolute atomic E-state index is 0.692. The minimum atomic E-state index is -0.937. The summed E-state index contributed by atoms with van der Waals surface area (Å²) in [5.41, 5.74) is 7.63. The average Bonchev–Trinajstić information content (AvgIpc) is 2.08. The molecule has 0 radical (unpaired) electrons. The topological polar surface area (TPSA) is 55.1 Å². The van der Waals surface area contributed by atoms with E-state index >= 15 is 0 Å². The Morgan fingerprint density at radius 3 is 2.77 bits per heavy atom. The van der Waals surface area contributed by atoms with Crippen LogP contribution < -0.4 is 10.5 Å². The maximum Gasteiger partial charge on any atom is 0.0883 e. The van der Waals surface area contributed by atoms with Crippen molar-refractivity contribution in [2.45, 2.75) is 6.42 Å². The molecule has 0 aliphatic heterocycles. The van der Waals surface area contributed by atoms with Crippen LogP contribution in [0.15, 0.2) is 24.3 Å². The number of nitrogens with two attached hydrogens (primary N) is 1. The molecule has 3 N–H and O–H groups in total. The number of benzene rings is 1. The third kappa shape index (κ3) is 3.57. The van der Waals surface area contributed by atoms with E-state index < -0.39 is 11.0 Å². The number of anilines is 1. The van der Waals surface area contributed by atoms with E-state index in [0.29, 0.717) is 6.54 Å². The Balaban J connectivity index is 2.45. The van der Waals surface area contributed by atoms with Gasteiger partial charge in [0, 0.05) is 18.5 Å². The first-order valence-corrected chi connectivity index (χ1v) is 5.66. The quantitative estimate of drug-likeness (QED) is 0.700. The van der Waals surface area contributed by atoms with E-state index in [4.69, 9.17) is 5.73 Å². The van der Waals surface area contributed by atoms with Gasteiger partial charge in [0.25, 0.3) is 0 Å². The fourth-order valence-electron chi connectivity index (χ4n) is 1.09. The van der Waals surface area contributed by atoms with Crippen molar-refractivity contribution in [2.24, 2.45) is 0 Å². The number of hydrogen-bond donors (Lipinski definition) is 2. The first kappa shape index (κ1) is 10.2. The Kier molecular flexibility index (Phi) is 3.92. The summed E-state index contributed by atoms with van der Waals surface area (Å²) in [6.07, 6.45) is 2.43. The van der Waals surface area contributed by atoms with Gasteiger partial charge in [-0.3, -0.25) is 0 Å². The standard InChI is InChI=1S/C9H14N2OS/c1-13(12)11-7-6-8-4-2-3-5-9(8)10/h2-5,11H,6-7,10H2,1H3. The molecule has 0 fully saturated rings. The molecule has 3 nitrogen and oxygen atoms in total. The summed E-state index contributed by atoms with van der Waals surface area (Å²) in [5.74, 6) is 0. The van der Waals surface area contributed by atoms with Gasteiger partial charge in [0.1, 0.15) is 0 Å². The molecule has 0 heterocycles. The Hall–Kier alpha value is -0.870. The van der Waals surface area contributed by atoms with Crippen LogP contribution in [0.4, 0.5) is 5.69 Å². The summed E-state index contributed by atoms with van der Waals surface area (Å²) in [6, 6.07) is 7.71. The molecule has 4 heteroatoms. The number of nitrogen functional groups attached to an aromatic ring is 1. The van der Waals surface area contributed by atoms with Crippen molar-refractivity contribution in [3.63, 3.8) is 0 Å². The van der Waals surface area contributed by atoms with Crippen LogP contribution in [0.1, 0.15) is 5.56 Å². The number of hydrogen-bond acceptors (Lipinski definition) is 2. The van der Waals surface area contributed by atoms with E-state index in [1.807, 2.05) is 24.3 Å². The van der Waals surface area contributed by atoms with E-state index in [1.165, 1.54) is 0 Å². The van der Waals surface area contributed by atoms with Gasteiger partial charge in [0.2, 0.25) is 0 Å². The Morgan fingerprint density at radius 2 is 2.15 bits per heavy atom. The molecule has 0 saturated heterocycles. The second kappa shape index (κ2) is 4.99. The fourth-order valence-corrected chi connectivity index (χ4v) is 1.48. The molecule has 1 aromatic carbocycles. The molecular formula is C9H14N2OS. The summed E-state index contributed by atoms with van der Waals surface area (Å²) >= 11 is 0. The van der Waals surface area contributed by atoms with Crippen molar-refractivity contribution in [1.29, 1.82) is 0 Å². The van der Waals surface area contributed by atoms with Crippen molar-refractivity contribution in [2.75, 3.05) is 18.5 Å². The Bertz CT molecular complexity index is 301. The lowest BCUT2D eigenvalue weighted by molar-refractivity contribution is 0.676. The maximum atomic E-state index is 10.7. The molecule has 1 rings (SSSR count). The molecule has 0 aliphatic rings. The highest BCUT2D eigenvalue weighted by atomic mass is 32.2. The van der Waals surface area contributed by atoms with Crippen LogP contribution >= 0.6 is 0 Å². The molecule has 0 aliphatic carbocycles. The van der Waals surface area contributed by atoms with Crippen molar-refractivity contribution in [3.8, 4) is 0 Å². The lowest BCUT2D eigenvalue weighted by atomic mass is 10.1. The summed E-state index contributed by atoms with van der Waals surface area (Å²) in [5, 5.41) is 0. The number of rotatable bonds is 4. The van der Waals surface area contributed by atoms with Crippen LogP contribution in [-0.4, -0.2) is 17.0 Å². The van der Waals surface area contributed by atoms with Gasteiger partial charge in [-0.05, 0) is 18.1 Å². The first-order valence-electron chi connectivity index (χ1n) is 4.10. The van der Waals surface area contributed by atoms with Gasteiger partial charge in [0.05, 0.1) is 11.0 Å². The minimum Gasteiger partial charge on any atom is -0.399 e. The molecule has 1 unspecified atom stereocenters. The van der Waals surface area contributed by atoms with E-state index in [-0.39, 0.29) is 0 Å². The Morgan fingerprint density at radius 1 is 1.46 bits per heavy atom. The third-order valence-corrected chi connectivity index (χ3v) is 2.37. The SMILES string of the molecule is CS(=O)NCCc1ccccc1N. The molecule has 0 saturated carbocycles. The third-order valence-electron chi connectivity index (χ3n) is 1.75. The van der Waals surface area contributed by atoms with Gasteiger partial charge < -0.3 is 5.73 Å². The maximum absolute atomic E-state index is 10.7. The smallest absolute Gasteiger partial charge is 0.0883 e. The van der Waals surface area contributed by atoms with Crippen LogP contribution in [-0.2, 0) is 17.4 Å². The zero-order valence-electron chi connectivity index (χ0n) is 7.62. The zero-order chi connectivity index (χ0) is 9.68. The Labute approximate surface area is 80.9 Å². The fraction of sp³-hybridized carbons (Fsp3) is 0.333. The van der Waals surface area contributed by atoms with Crippen molar-refractivity contribution >= 4 is 16.7 Å². The second-order valence-corrected chi connectivity index (χ2v) is 3.99. The van der Waals surface area contributed by atoms with Gasteiger partial charge in [0.15, 0.2) is 0 Å². The van der Waals surface area contributed by atoms with Crippen molar-refractivity contribution in [3.05, 3.63) is 29.8 Å². The molecular weight excluding hydrogens is 184 g/mol. The molecule has 0 aromatic heterocycles. The van der Waals surface area contributed by atoms with E-state index in [2.05, 4.69) is 4.72 Å². The van der Waals surface area contributed by atoms with E-state index in [0.717, 1.165) is 17.7 Å². The predicted octanol–water partition coefficient (Wildman–Crippen LogP) is 0.694. The highest BCUT2D eigenvalue weighted by Crippen LogP contribution is 2.10. The molecule has 72 valence electrons. The second-order valence-electron chi connectivity index (χ2n) is 2.80. The average molecular weight is 198 g/mol. The summed E-state index contributed by atoms with van der Waals surface area (Å²) < 4.78 is 13.5. The summed E-state index contributed by atoms with van der Waals surface area (Å²) in [7, 11) is -0.937. The van der Waals surface area contributed by atoms with Crippen LogP contribution in [0.2, 0.25) is 0 Å². The normalized spacial score (nSPS) is 12.7. The zero-order valence-corrected chi connectivity index (χ0v) is 8.43. The lowest BCUT2D eigenvalue weighted by Crippen LogP contribution is -2.19. The highest BCUT2D eigenvalue weighted by Gasteiger charge is 1.97. The van der Waals surface area contributed by atoms with Crippen LogP contribution in [0.25, 0.3) is 0 Å². The van der Waals surface area contributed by atoms with Gasteiger partial charge in [-0.1, -0.05) is 18.2 Å². The molecule has 1 atom stereocenters. The number of para-hydroxylation sites is 1. The van der Waals surface area contributed by atoms with E-state index in [1.54, 1.807) is 6.26 Å². The monoisotopic (exact) mass is 198 g/mol. The van der Waals surface area contributed by atoms with Gasteiger partial charge in [-0.2, -0.15) is 0 Å². The van der Waals surface area contributed by atoms with Gasteiger partial charge >= 0.3 is 0 Å². The summed E-state index contributed by atoms with van der Waals surface area (Å²) in [4.78, 5) is 0. The largest absolute Gasteiger partial charge is 0.399 e. The molecule has 0 amide bonds. The van der Waals surface area contributed by atoms with Crippen LogP contribution in [0, 0.1) is 0 Å². The van der Waals surface area contributed by atoms with E-state index in [9.17, 15) is 4.21 Å². The highest BCUT2D eigenvalue weighted by molar-refractivity contribution is 7.82. The molecule has 13 heavy (non-hydrogen) atoms. The van der Waals surface area contributed by atoms with Crippen molar-refractivity contribution < 1.29 is 4.21 Å².